The van der Waals surface area contributed by atoms with Crippen molar-refractivity contribution in [2.24, 2.45) is 5.73 Å². The van der Waals surface area contributed by atoms with E-state index < -0.39 is 36.3 Å². The molecule has 0 radical (unpaired) electrons. The fourth-order valence-electron chi connectivity index (χ4n) is 7.20. The molecule has 6 rings (SSSR count). The molecule has 13 heteroatoms. The van der Waals surface area contributed by atoms with E-state index in [4.69, 9.17) is 15.6 Å². The van der Waals surface area contributed by atoms with E-state index in [2.05, 4.69) is 5.32 Å². The Morgan fingerprint density at radius 2 is 1.34 bits per heavy atom. The number of amides is 1. The molecule has 0 saturated heterocycles. The summed E-state index contributed by atoms with van der Waals surface area (Å²) in [6.07, 6.45) is -6.53. The monoisotopic (exact) mass is 853 g/mol. The molecular weight excluding hydrogens is 803 g/mol. The molecule has 3 atom stereocenters. The summed E-state index contributed by atoms with van der Waals surface area (Å²) in [5.41, 5.74) is 10.6. The van der Waals surface area contributed by atoms with Crippen LogP contribution in [0.3, 0.4) is 0 Å². The Morgan fingerprint density at radius 1 is 0.758 bits per heavy atom. The van der Waals surface area contributed by atoms with E-state index in [1.54, 1.807) is 12.1 Å². The fraction of sp³-hybridized carbons (Fsp3) is 0.265. The number of carboxylic acid groups (broad SMARTS) is 1. The average molecular weight is 854 g/mol. The Hall–Kier alpha value is -6.28. The predicted octanol–water partition coefficient (Wildman–Crippen LogP) is 10.5. The molecule has 5 aromatic carbocycles. The first-order valence-electron chi connectivity index (χ1n) is 20.3. The number of aliphatic hydroxyl groups excluding tert-OH is 2. The van der Waals surface area contributed by atoms with Gasteiger partial charge in [-0.1, -0.05) is 92.7 Å². The van der Waals surface area contributed by atoms with Gasteiger partial charge >= 0.3 is 12.1 Å². The fourth-order valence-corrected chi connectivity index (χ4v) is 7.20. The van der Waals surface area contributed by atoms with Crippen LogP contribution < -0.4 is 15.8 Å². The number of carboxylic acids is 1. The van der Waals surface area contributed by atoms with Crippen LogP contribution in [0.2, 0.25) is 0 Å². The van der Waals surface area contributed by atoms with Crippen LogP contribution in [0, 0.1) is 5.82 Å². The van der Waals surface area contributed by atoms with Gasteiger partial charge in [-0.05, 0) is 103 Å². The van der Waals surface area contributed by atoms with Gasteiger partial charge in [0, 0.05) is 29.9 Å². The molecule has 326 valence electrons. The summed E-state index contributed by atoms with van der Waals surface area (Å²) in [5.74, 6) is -1.54. The molecule has 6 N–H and O–H groups in total. The quantitative estimate of drug-likeness (QED) is 0.0574. The minimum atomic E-state index is -4.34. The number of hydrogen-bond acceptors (Lipinski definition) is 6. The van der Waals surface area contributed by atoms with E-state index in [9.17, 15) is 37.4 Å². The first-order valence-corrected chi connectivity index (χ1v) is 20.3. The Balaban J connectivity index is 0.000000290. The van der Waals surface area contributed by atoms with E-state index in [1.165, 1.54) is 24.3 Å². The molecule has 62 heavy (non-hydrogen) atoms. The highest BCUT2D eigenvalue weighted by atomic mass is 19.4. The van der Waals surface area contributed by atoms with Crippen LogP contribution in [-0.2, 0) is 17.5 Å². The summed E-state index contributed by atoms with van der Waals surface area (Å²) in [4.78, 5) is 25.0. The van der Waals surface area contributed by atoms with E-state index in [1.807, 2.05) is 109 Å². The minimum absolute atomic E-state index is 0.0939. The number of rotatable bonds is 17. The molecule has 0 aliphatic carbocycles. The number of nitrogens with one attached hydrogen (secondary N) is 1. The Morgan fingerprint density at radius 3 is 1.89 bits per heavy atom. The van der Waals surface area contributed by atoms with Crippen molar-refractivity contribution < 1.29 is 47.2 Å². The van der Waals surface area contributed by atoms with Gasteiger partial charge in [-0.25, -0.2) is 4.39 Å². The number of anilines is 1. The van der Waals surface area contributed by atoms with Gasteiger partial charge in [0.05, 0.1) is 35.4 Å². The van der Waals surface area contributed by atoms with Crippen LogP contribution in [0.1, 0.15) is 78.7 Å². The summed E-state index contributed by atoms with van der Waals surface area (Å²) < 4.78 is 59.3. The molecule has 1 aromatic heterocycles. The summed E-state index contributed by atoms with van der Waals surface area (Å²) in [6, 6.07) is 38.9. The predicted molar refractivity (Wildman–Crippen MR) is 232 cm³/mol. The number of para-hydroxylation sites is 1. The largest absolute Gasteiger partial charge is 0.486 e. The number of alkyl halides is 3. The van der Waals surface area contributed by atoms with E-state index in [0.717, 1.165) is 29.0 Å². The third kappa shape index (κ3) is 12.9. The standard InChI is InChI=1S/C33H35FN2O5.C16H16F3NO/c1-21(2)31-30(33(41)35-25-11-7-4-8-12-25)29(22-9-5-3-6-10-22)32(23-13-15-24(34)16-14-23)36(31)18-17-26(37)19-27(38)20-28(39)40;17-16(18,19)13-6-8-14(9-7-13)21-15(10-11-20)12-4-2-1-3-5-12/h3-16,21,26-27,37-38H,17-20H2,1-2H3,(H,35,41)(H,39,40);1-9,15H,10-11,20H2/t26-,27-;/m1./s1. The lowest BCUT2D eigenvalue weighted by Crippen LogP contribution is -2.22. The Labute approximate surface area is 358 Å². The molecule has 0 spiro atoms. The molecule has 0 bridgehead atoms. The van der Waals surface area contributed by atoms with Crippen LogP contribution in [-0.4, -0.2) is 50.5 Å². The molecular formula is C49H51F4N3O6. The number of nitrogens with two attached hydrogens (primary N) is 1. The topological polar surface area (TPSA) is 147 Å². The second-order valence-corrected chi connectivity index (χ2v) is 15.0. The second-order valence-electron chi connectivity index (χ2n) is 15.0. The summed E-state index contributed by atoms with van der Waals surface area (Å²) >= 11 is 0. The first kappa shape index (κ1) is 46.8. The number of carbonyl (C=O) groups excluding carboxylic acids is 1. The van der Waals surface area contributed by atoms with Crippen LogP contribution >= 0.6 is 0 Å². The lowest BCUT2D eigenvalue weighted by atomic mass is 9.94. The zero-order valence-corrected chi connectivity index (χ0v) is 34.4. The smallest absolute Gasteiger partial charge is 0.416 e. The number of aromatic nitrogens is 1. The SMILES string of the molecule is CC(C)c1c(C(=O)Nc2ccccc2)c(-c2ccccc2)c(-c2ccc(F)cc2)n1CC[C@@H](O)C[C@@H](O)CC(=O)O.NCCC(Oc1ccc(C(F)(F)F)cc1)c1ccccc1. The number of aliphatic carboxylic acids is 1. The highest BCUT2D eigenvalue weighted by Gasteiger charge is 2.32. The Kier molecular flexibility index (Phi) is 16.6. The highest BCUT2D eigenvalue weighted by Crippen LogP contribution is 2.43. The zero-order valence-electron chi connectivity index (χ0n) is 34.4. The number of benzene rings is 5. The summed E-state index contributed by atoms with van der Waals surface area (Å²) in [5, 5.41) is 32.8. The number of nitrogens with zero attached hydrogens (tertiary/aromatic N) is 1. The molecule has 0 aliphatic rings. The molecule has 6 aromatic rings. The van der Waals surface area contributed by atoms with Gasteiger partial charge in [0.25, 0.3) is 5.91 Å². The number of hydrogen-bond donors (Lipinski definition) is 5. The highest BCUT2D eigenvalue weighted by molar-refractivity contribution is 6.12. The molecule has 0 saturated carbocycles. The van der Waals surface area contributed by atoms with Gasteiger partial charge in [0.2, 0.25) is 0 Å². The van der Waals surface area contributed by atoms with Crippen molar-refractivity contribution in [3.8, 4) is 28.1 Å². The third-order valence-corrected chi connectivity index (χ3v) is 9.99. The molecule has 0 fully saturated rings. The molecule has 9 nitrogen and oxygen atoms in total. The lowest BCUT2D eigenvalue weighted by molar-refractivity contribution is -0.139. The Bertz CT molecular complexity index is 2320. The van der Waals surface area contributed by atoms with Crippen molar-refractivity contribution in [3.05, 3.63) is 168 Å². The van der Waals surface area contributed by atoms with Crippen molar-refractivity contribution in [2.75, 3.05) is 11.9 Å². The maximum Gasteiger partial charge on any atom is 0.416 e. The first-order chi connectivity index (χ1) is 29.7. The average Bonchev–Trinajstić information content (AvgIpc) is 3.59. The van der Waals surface area contributed by atoms with Crippen molar-refractivity contribution in [3.63, 3.8) is 0 Å². The van der Waals surface area contributed by atoms with E-state index in [0.29, 0.717) is 46.8 Å². The summed E-state index contributed by atoms with van der Waals surface area (Å²) in [6.45, 7) is 4.68. The minimum Gasteiger partial charge on any atom is -0.486 e. The van der Waals surface area contributed by atoms with Crippen LogP contribution in [0.15, 0.2) is 140 Å². The number of halogens is 4. The van der Waals surface area contributed by atoms with Crippen molar-refractivity contribution in [2.45, 2.75) is 76.5 Å². The third-order valence-electron chi connectivity index (χ3n) is 9.99. The number of aliphatic hydroxyl groups is 2. The molecule has 1 amide bonds. The normalized spacial score (nSPS) is 12.8. The zero-order chi connectivity index (χ0) is 44.8. The van der Waals surface area contributed by atoms with Gasteiger partial charge in [0.1, 0.15) is 17.7 Å². The van der Waals surface area contributed by atoms with E-state index in [-0.39, 0.29) is 43.1 Å². The van der Waals surface area contributed by atoms with Gasteiger partial charge in [-0.15, -0.1) is 0 Å². The lowest BCUT2D eigenvalue weighted by Gasteiger charge is -2.20. The van der Waals surface area contributed by atoms with Crippen LogP contribution in [0.4, 0.5) is 23.2 Å². The maximum atomic E-state index is 14.0. The second kappa shape index (κ2) is 22.0. The molecule has 0 aliphatic heterocycles. The van der Waals surface area contributed by atoms with Crippen LogP contribution in [0.5, 0.6) is 5.75 Å². The van der Waals surface area contributed by atoms with E-state index >= 15 is 0 Å². The maximum absolute atomic E-state index is 14.0. The number of carbonyl (C=O) groups is 2. The van der Waals surface area contributed by atoms with Gasteiger partial charge < -0.3 is 35.7 Å². The van der Waals surface area contributed by atoms with Crippen molar-refractivity contribution >= 4 is 17.6 Å². The molecule has 1 unspecified atom stereocenters. The van der Waals surface area contributed by atoms with Gasteiger partial charge in [-0.3, -0.25) is 9.59 Å². The molecule has 1 heterocycles. The summed E-state index contributed by atoms with van der Waals surface area (Å²) in [7, 11) is 0. The van der Waals surface area contributed by atoms with Gasteiger partial charge in [0.15, 0.2) is 0 Å². The van der Waals surface area contributed by atoms with Crippen molar-refractivity contribution in [1.82, 2.24) is 4.57 Å². The van der Waals surface area contributed by atoms with Gasteiger partial charge in [-0.2, -0.15) is 13.2 Å². The van der Waals surface area contributed by atoms with Crippen LogP contribution in [0.25, 0.3) is 22.4 Å². The van der Waals surface area contributed by atoms with Crippen molar-refractivity contribution in [1.29, 1.82) is 0 Å². The number of ether oxygens (including phenoxy) is 1.